The summed E-state index contributed by atoms with van der Waals surface area (Å²) in [7, 11) is 1.60. The van der Waals surface area contributed by atoms with Gasteiger partial charge < -0.3 is 9.72 Å². The van der Waals surface area contributed by atoms with E-state index in [9.17, 15) is 4.79 Å². The summed E-state index contributed by atoms with van der Waals surface area (Å²) in [5, 5.41) is 5.60. The first-order chi connectivity index (χ1) is 12.2. The Morgan fingerprint density at radius 3 is 2.92 bits per heavy atom. The van der Waals surface area contributed by atoms with Crippen molar-refractivity contribution in [3.8, 4) is 5.75 Å². The predicted octanol–water partition coefficient (Wildman–Crippen LogP) is 3.42. The Bertz CT molecular complexity index is 1180. The minimum absolute atomic E-state index is 0.288. The van der Waals surface area contributed by atoms with Crippen LogP contribution >= 0.6 is 11.6 Å². The van der Waals surface area contributed by atoms with Gasteiger partial charge in [-0.05, 0) is 18.2 Å². The van der Waals surface area contributed by atoms with Crippen molar-refractivity contribution in [3.63, 3.8) is 0 Å². The van der Waals surface area contributed by atoms with Crippen molar-refractivity contribution in [2.45, 2.75) is 0 Å². The highest BCUT2D eigenvalue weighted by Gasteiger charge is 2.11. The molecule has 4 aromatic rings. The predicted molar refractivity (Wildman–Crippen MR) is 98.9 cm³/mol. The van der Waals surface area contributed by atoms with Crippen LogP contribution in [0.2, 0.25) is 5.02 Å². The molecule has 0 saturated heterocycles. The molecule has 7 heteroatoms. The van der Waals surface area contributed by atoms with E-state index in [-0.39, 0.29) is 5.56 Å². The topological polar surface area (TPSA) is 72.3 Å². The van der Waals surface area contributed by atoms with E-state index in [0.717, 1.165) is 16.5 Å². The molecule has 0 aliphatic rings. The van der Waals surface area contributed by atoms with Crippen LogP contribution in [0.15, 0.2) is 58.7 Å². The number of fused-ring (bicyclic) bond motifs is 3. The van der Waals surface area contributed by atoms with Gasteiger partial charge in [0.25, 0.3) is 5.56 Å². The molecule has 0 bridgehead atoms. The van der Waals surface area contributed by atoms with Crippen LogP contribution in [0.3, 0.4) is 0 Å². The molecular formula is C18H13ClN4O2. The van der Waals surface area contributed by atoms with Gasteiger partial charge in [0.1, 0.15) is 23.1 Å². The SMILES string of the molecule is COc1ccc2c(c1)[nH]c1c(=O)n(/N=C\c3ccccc3Cl)cnc12. The van der Waals surface area contributed by atoms with E-state index in [4.69, 9.17) is 16.3 Å². The first-order valence-electron chi connectivity index (χ1n) is 7.53. The molecule has 6 nitrogen and oxygen atoms in total. The first kappa shape index (κ1) is 15.4. The molecule has 25 heavy (non-hydrogen) atoms. The van der Waals surface area contributed by atoms with E-state index < -0.39 is 0 Å². The summed E-state index contributed by atoms with van der Waals surface area (Å²) in [6, 6.07) is 12.8. The third kappa shape index (κ3) is 2.66. The van der Waals surface area contributed by atoms with Crippen molar-refractivity contribution < 1.29 is 4.74 Å². The highest BCUT2D eigenvalue weighted by atomic mass is 35.5. The van der Waals surface area contributed by atoms with Gasteiger partial charge in [-0.15, -0.1) is 0 Å². The zero-order valence-electron chi connectivity index (χ0n) is 13.2. The zero-order chi connectivity index (χ0) is 17.4. The molecule has 0 radical (unpaired) electrons. The molecule has 0 unspecified atom stereocenters. The van der Waals surface area contributed by atoms with Crippen LogP contribution in [0.1, 0.15) is 5.56 Å². The van der Waals surface area contributed by atoms with Gasteiger partial charge in [0.15, 0.2) is 0 Å². The van der Waals surface area contributed by atoms with E-state index in [0.29, 0.717) is 21.8 Å². The number of rotatable bonds is 3. The van der Waals surface area contributed by atoms with Crippen molar-refractivity contribution in [1.29, 1.82) is 0 Å². The van der Waals surface area contributed by atoms with Gasteiger partial charge in [0.2, 0.25) is 0 Å². The second kappa shape index (κ2) is 6.07. The standard InChI is InChI=1S/C18H13ClN4O2/c1-25-12-6-7-13-15(8-12)22-17-16(13)20-10-23(18(17)24)21-9-11-4-2-3-5-14(11)19/h2-10,22H,1H3/b21-9-. The number of aromatic nitrogens is 3. The lowest BCUT2D eigenvalue weighted by Crippen LogP contribution is -2.17. The van der Waals surface area contributed by atoms with Gasteiger partial charge in [-0.2, -0.15) is 9.78 Å². The highest BCUT2D eigenvalue weighted by molar-refractivity contribution is 6.33. The summed E-state index contributed by atoms with van der Waals surface area (Å²) < 4.78 is 6.39. The van der Waals surface area contributed by atoms with Gasteiger partial charge >= 0.3 is 0 Å². The van der Waals surface area contributed by atoms with E-state index >= 15 is 0 Å². The number of hydrogen-bond donors (Lipinski definition) is 1. The molecule has 0 amide bonds. The van der Waals surface area contributed by atoms with Crippen molar-refractivity contribution in [3.05, 3.63) is 69.7 Å². The molecule has 0 fully saturated rings. The molecule has 4 rings (SSSR count). The van der Waals surface area contributed by atoms with Gasteiger partial charge in [-0.25, -0.2) is 4.98 Å². The van der Waals surface area contributed by atoms with Crippen LogP contribution in [0, 0.1) is 0 Å². The fourth-order valence-electron chi connectivity index (χ4n) is 2.64. The number of benzene rings is 2. The van der Waals surface area contributed by atoms with E-state index in [2.05, 4.69) is 15.1 Å². The minimum atomic E-state index is -0.288. The zero-order valence-corrected chi connectivity index (χ0v) is 14.0. The smallest absolute Gasteiger partial charge is 0.298 e. The monoisotopic (exact) mass is 352 g/mol. The lowest BCUT2D eigenvalue weighted by Gasteiger charge is -1.99. The highest BCUT2D eigenvalue weighted by Crippen LogP contribution is 2.25. The van der Waals surface area contributed by atoms with Crippen LogP contribution in [0.4, 0.5) is 0 Å². The molecule has 2 heterocycles. The number of nitrogens with zero attached hydrogens (tertiary/aromatic N) is 3. The molecule has 0 saturated carbocycles. The van der Waals surface area contributed by atoms with Gasteiger partial charge in [0, 0.05) is 22.0 Å². The summed E-state index contributed by atoms with van der Waals surface area (Å²) in [6.45, 7) is 0. The molecule has 0 aliphatic heterocycles. The second-order valence-electron chi connectivity index (χ2n) is 5.42. The second-order valence-corrected chi connectivity index (χ2v) is 5.83. The fraction of sp³-hybridized carbons (Fsp3) is 0.0556. The van der Waals surface area contributed by atoms with Crippen LogP contribution in [-0.4, -0.2) is 28.0 Å². The van der Waals surface area contributed by atoms with Gasteiger partial charge in [-0.3, -0.25) is 4.79 Å². The largest absolute Gasteiger partial charge is 0.497 e. The number of aromatic amines is 1. The minimum Gasteiger partial charge on any atom is -0.497 e. The first-order valence-corrected chi connectivity index (χ1v) is 7.91. The Hall–Kier alpha value is -3.12. The van der Waals surface area contributed by atoms with E-state index in [1.807, 2.05) is 36.4 Å². The Kier molecular flexibility index (Phi) is 3.74. The molecule has 2 aromatic carbocycles. The number of H-pyrrole nitrogens is 1. The summed E-state index contributed by atoms with van der Waals surface area (Å²) in [4.78, 5) is 20.1. The molecular weight excluding hydrogens is 340 g/mol. The van der Waals surface area contributed by atoms with Crippen molar-refractivity contribution in [1.82, 2.24) is 14.6 Å². The Labute approximate surface area is 147 Å². The lowest BCUT2D eigenvalue weighted by atomic mass is 10.2. The molecule has 2 aromatic heterocycles. The summed E-state index contributed by atoms with van der Waals surface area (Å²) in [5.74, 6) is 0.705. The number of methoxy groups -OCH3 is 1. The quantitative estimate of drug-likeness (QED) is 0.574. The molecule has 0 atom stereocenters. The Morgan fingerprint density at radius 1 is 1.28 bits per heavy atom. The average Bonchev–Trinajstić information content (AvgIpc) is 3.01. The van der Waals surface area contributed by atoms with Crippen molar-refractivity contribution >= 4 is 39.8 Å². The molecule has 1 N–H and O–H groups in total. The number of ether oxygens (including phenoxy) is 1. The van der Waals surface area contributed by atoms with Crippen molar-refractivity contribution in [2.24, 2.45) is 5.10 Å². The van der Waals surface area contributed by atoms with Crippen LogP contribution in [0.5, 0.6) is 5.75 Å². The maximum absolute atomic E-state index is 12.7. The van der Waals surface area contributed by atoms with Gasteiger partial charge in [0.05, 0.1) is 18.8 Å². The third-order valence-electron chi connectivity index (χ3n) is 3.92. The van der Waals surface area contributed by atoms with Crippen LogP contribution in [-0.2, 0) is 0 Å². The third-order valence-corrected chi connectivity index (χ3v) is 4.27. The Balaban J connectivity index is 1.84. The summed E-state index contributed by atoms with van der Waals surface area (Å²) in [6.07, 6.45) is 2.93. The summed E-state index contributed by atoms with van der Waals surface area (Å²) >= 11 is 6.10. The maximum Gasteiger partial charge on any atom is 0.298 e. The lowest BCUT2D eigenvalue weighted by molar-refractivity contribution is 0.415. The van der Waals surface area contributed by atoms with Gasteiger partial charge in [-0.1, -0.05) is 29.8 Å². The average molecular weight is 353 g/mol. The Morgan fingerprint density at radius 2 is 2.12 bits per heavy atom. The van der Waals surface area contributed by atoms with Crippen molar-refractivity contribution in [2.75, 3.05) is 7.11 Å². The van der Waals surface area contributed by atoms with E-state index in [1.54, 1.807) is 13.2 Å². The number of hydrogen-bond acceptors (Lipinski definition) is 4. The van der Waals surface area contributed by atoms with E-state index in [1.165, 1.54) is 17.2 Å². The summed E-state index contributed by atoms with van der Waals surface area (Å²) in [5.41, 5.74) is 2.21. The molecule has 124 valence electrons. The van der Waals surface area contributed by atoms with Crippen LogP contribution < -0.4 is 10.3 Å². The normalized spacial score (nSPS) is 11.6. The molecule has 0 spiro atoms. The van der Waals surface area contributed by atoms with Crippen LogP contribution in [0.25, 0.3) is 21.9 Å². The molecule has 0 aliphatic carbocycles. The number of nitrogens with one attached hydrogen (secondary N) is 1. The maximum atomic E-state index is 12.7. The fourth-order valence-corrected chi connectivity index (χ4v) is 2.83. The number of halogens is 1.